The van der Waals surface area contributed by atoms with Gasteiger partial charge in [0.05, 0.1) is 31.2 Å². The maximum Gasteiger partial charge on any atom is 0.250 e. The number of benzene rings is 2. The van der Waals surface area contributed by atoms with Crippen LogP contribution in [0.3, 0.4) is 0 Å². The fraction of sp³-hybridized carbons (Fsp3) is 0.464. The molecule has 2 unspecified atom stereocenters. The number of β-amino-alcohol motifs (C(OH)–C–C–N with tert-alkyl or cyclic N) is 1. The lowest BCUT2D eigenvalue weighted by Crippen LogP contribution is -2.53. The van der Waals surface area contributed by atoms with E-state index in [2.05, 4.69) is 10.6 Å². The Morgan fingerprint density at radius 3 is 2.49 bits per heavy atom. The topological polar surface area (TPSA) is 117 Å². The first-order chi connectivity index (χ1) is 17.9. The first kappa shape index (κ1) is 25.2. The minimum absolute atomic E-state index is 0.0153. The molecule has 2 aromatic rings. The highest BCUT2D eigenvalue weighted by molar-refractivity contribution is 6.03. The predicted octanol–water partition coefficient (Wildman–Crippen LogP) is 2.10. The van der Waals surface area contributed by atoms with Crippen LogP contribution in [-0.4, -0.2) is 65.2 Å². The summed E-state index contributed by atoms with van der Waals surface area (Å²) in [6.07, 6.45) is 1.62. The summed E-state index contributed by atoms with van der Waals surface area (Å²) in [5.41, 5.74) is -0.438. The highest BCUT2D eigenvalue weighted by atomic mass is 16.5. The molecular weight excluding hydrogens is 474 g/mol. The summed E-state index contributed by atoms with van der Waals surface area (Å²) in [7, 11) is 1.56. The van der Waals surface area contributed by atoms with Gasteiger partial charge in [-0.1, -0.05) is 37.3 Å². The Labute approximate surface area is 216 Å². The summed E-state index contributed by atoms with van der Waals surface area (Å²) in [6.45, 7) is 1.98. The molecule has 37 heavy (non-hydrogen) atoms. The van der Waals surface area contributed by atoms with Crippen LogP contribution in [0.5, 0.6) is 5.75 Å². The Kier molecular flexibility index (Phi) is 6.68. The fourth-order valence-corrected chi connectivity index (χ4v) is 6.54. The molecule has 3 fully saturated rings. The summed E-state index contributed by atoms with van der Waals surface area (Å²) in [6, 6.07) is 15.5. The van der Waals surface area contributed by atoms with Crippen LogP contribution in [0.25, 0.3) is 0 Å². The summed E-state index contributed by atoms with van der Waals surface area (Å²) >= 11 is 0. The molecule has 196 valence electrons. The van der Waals surface area contributed by atoms with E-state index in [0.717, 1.165) is 5.56 Å². The third-order valence-electron chi connectivity index (χ3n) is 8.22. The molecule has 0 aliphatic carbocycles. The second-order valence-corrected chi connectivity index (χ2v) is 10.0. The number of likely N-dealkylation sites (tertiary alicyclic amines) is 1. The maximum atomic E-state index is 13.8. The monoisotopic (exact) mass is 507 g/mol. The van der Waals surface area contributed by atoms with Gasteiger partial charge in [-0.25, -0.2) is 0 Å². The quantitative estimate of drug-likeness (QED) is 0.479. The summed E-state index contributed by atoms with van der Waals surface area (Å²) in [4.78, 5) is 42.5. The van der Waals surface area contributed by atoms with E-state index in [-0.39, 0.29) is 25.0 Å². The lowest BCUT2D eigenvalue weighted by molar-refractivity contribution is -0.146. The molecule has 3 amide bonds. The molecule has 3 heterocycles. The van der Waals surface area contributed by atoms with Crippen LogP contribution >= 0.6 is 0 Å². The largest absolute Gasteiger partial charge is 0.497 e. The van der Waals surface area contributed by atoms with Crippen LogP contribution in [0.1, 0.15) is 31.7 Å². The van der Waals surface area contributed by atoms with Gasteiger partial charge in [-0.15, -0.1) is 0 Å². The van der Waals surface area contributed by atoms with Crippen molar-refractivity contribution in [3.05, 3.63) is 60.2 Å². The number of aliphatic hydroxyl groups excluding tert-OH is 1. The average molecular weight is 508 g/mol. The fourth-order valence-electron chi connectivity index (χ4n) is 6.54. The van der Waals surface area contributed by atoms with Gasteiger partial charge in [0.2, 0.25) is 17.7 Å². The van der Waals surface area contributed by atoms with E-state index < -0.39 is 35.0 Å². The van der Waals surface area contributed by atoms with Crippen LogP contribution in [0.15, 0.2) is 54.6 Å². The molecule has 0 saturated carbocycles. The Morgan fingerprint density at radius 1 is 1.11 bits per heavy atom. The minimum atomic E-state index is -1.13. The molecule has 5 atom stereocenters. The van der Waals surface area contributed by atoms with Crippen molar-refractivity contribution in [2.24, 2.45) is 11.8 Å². The normalized spacial score (nSPS) is 29.8. The number of rotatable bonds is 9. The molecule has 0 aromatic heterocycles. The van der Waals surface area contributed by atoms with E-state index in [4.69, 9.17) is 9.47 Å². The molecular formula is C28H33N3O6. The van der Waals surface area contributed by atoms with Gasteiger partial charge in [-0.3, -0.25) is 14.4 Å². The SMILES string of the molecule is CC[C@@]12CCC3(O1)C(C(=O)Nc1ccc(OC)cc1)N(CCO)C(=O)[C@@H]3[C@@H]2C(=O)NCc1ccccc1. The number of hydrogen-bond acceptors (Lipinski definition) is 6. The predicted molar refractivity (Wildman–Crippen MR) is 136 cm³/mol. The van der Waals surface area contributed by atoms with Gasteiger partial charge in [0.15, 0.2) is 0 Å². The van der Waals surface area contributed by atoms with E-state index in [1.54, 1.807) is 31.4 Å². The number of hydrogen-bond donors (Lipinski definition) is 3. The number of nitrogens with one attached hydrogen (secondary N) is 2. The van der Waals surface area contributed by atoms with E-state index in [1.807, 2.05) is 37.3 Å². The summed E-state index contributed by atoms with van der Waals surface area (Å²) in [5, 5.41) is 15.7. The van der Waals surface area contributed by atoms with Gasteiger partial charge in [0.1, 0.15) is 17.4 Å². The van der Waals surface area contributed by atoms with Crippen LogP contribution in [0.2, 0.25) is 0 Å². The van der Waals surface area contributed by atoms with E-state index >= 15 is 0 Å². The smallest absolute Gasteiger partial charge is 0.250 e. The molecule has 2 bridgehead atoms. The first-order valence-corrected chi connectivity index (χ1v) is 12.8. The Hall–Kier alpha value is -3.43. The molecule has 0 radical (unpaired) electrons. The van der Waals surface area contributed by atoms with Crippen LogP contribution in [0, 0.1) is 11.8 Å². The lowest BCUT2D eigenvalue weighted by Gasteiger charge is -2.34. The Morgan fingerprint density at radius 2 is 1.84 bits per heavy atom. The lowest BCUT2D eigenvalue weighted by atomic mass is 9.65. The van der Waals surface area contributed by atoms with E-state index in [0.29, 0.717) is 37.2 Å². The molecule has 9 heteroatoms. The van der Waals surface area contributed by atoms with Crippen LogP contribution in [-0.2, 0) is 25.7 Å². The van der Waals surface area contributed by atoms with Crippen molar-refractivity contribution in [1.82, 2.24) is 10.2 Å². The number of methoxy groups -OCH3 is 1. The number of aliphatic hydroxyl groups is 1. The van der Waals surface area contributed by atoms with Gasteiger partial charge in [-0.2, -0.15) is 0 Å². The van der Waals surface area contributed by atoms with Gasteiger partial charge >= 0.3 is 0 Å². The number of nitrogens with zero attached hydrogens (tertiary/aromatic N) is 1. The van der Waals surface area contributed by atoms with Gasteiger partial charge in [0.25, 0.3) is 0 Å². The number of anilines is 1. The zero-order chi connectivity index (χ0) is 26.2. The van der Waals surface area contributed by atoms with Crippen molar-refractivity contribution < 1.29 is 29.0 Å². The zero-order valence-electron chi connectivity index (χ0n) is 21.1. The van der Waals surface area contributed by atoms with Gasteiger partial charge in [0, 0.05) is 18.8 Å². The molecule has 3 N–H and O–H groups in total. The number of carbonyl (C=O) groups excluding carboxylic acids is 3. The second-order valence-electron chi connectivity index (χ2n) is 10.0. The van der Waals surface area contributed by atoms with Crippen molar-refractivity contribution in [2.75, 3.05) is 25.6 Å². The molecule has 1 spiro atoms. The molecule has 3 aliphatic heterocycles. The molecule has 5 rings (SSSR count). The van der Waals surface area contributed by atoms with E-state index in [9.17, 15) is 19.5 Å². The minimum Gasteiger partial charge on any atom is -0.497 e. The van der Waals surface area contributed by atoms with Crippen LogP contribution < -0.4 is 15.4 Å². The first-order valence-electron chi connectivity index (χ1n) is 12.8. The van der Waals surface area contributed by atoms with E-state index in [1.165, 1.54) is 4.90 Å². The third-order valence-corrected chi connectivity index (χ3v) is 8.22. The maximum absolute atomic E-state index is 13.8. The highest BCUT2D eigenvalue weighted by Gasteiger charge is 2.78. The molecule has 3 aliphatic rings. The average Bonchev–Trinajstić information content (AvgIpc) is 3.52. The van der Waals surface area contributed by atoms with Gasteiger partial charge < -0.3 is 30.1 Å². The third kappa shape index (κ3) is 4.06. The summed E-state index contributed by atoms with van der Waals surface area (Å²) < 4.78 is 11.9. The number of ether oxygens (including phenoxy) is 2. The Balaban J connectivity index is 1.45. The van der Waals surface area contributed by atoms with Crippen LogP contribution in [0.4, 0.5) is 5.69 Å². The van der Waals surface area contributed by atoms with Gasteiger partial charge in [-0.05, 0) is 49.1 Å². The number of fused-ring (bicyclic) bond motifs is 1. The van der Waals surface area contributed by atoms with Crippen molar-refractivity contribution in [3.8, 4) is 5.75 Å². The van der Waals surface area contributed by atoms with Crippen molar-refractivity contribution in [1.29, 1.82) is 0 Å². The summed E-state index contributed by atoms with van der Waals surface area (Å²) in [5.74, 6) is -1.82. The van der Waals surface area contributed by atoms with Crippen molar-refractivity contribution in [2.45, 2.75) is 50.0 Å². The van der Waals surface area contributed by atoms with Crippen molar-refractivity contribution in [3.63, 3.8) is 0 Å². The molecule has 3 saturated heterocycles. The molecule has 9 nitrogen and oxygen atoms in total. The zero-order valence-corrected chi connectivity index (χ0v) is 21.1. The number of carbonyl (C=O) groups is 3. The standard InChI is InChI=1S/C28H33N3O6/c1-3-27-13-14-28(37-27)22(21(27)24(33)29-17-18-7-5-4-6-8-18)26(35)31(15-16-32)23(28)25(34)30-19-9-11-20(36-2)12-10-19/h4-12,21-23,32H,3,13-17H2,1-2H3,(H,29,33)(H,30,34)/t21-,22+,23?,27+,28?/m1/s1. The molecule has 2 aromatic carbocycles. The Bertz CT molecular complexity index is 1170. The highest BCUT2D eigenvalue weighted by Crippen LogP contribution is 2.64. The second kappa shape index (κ2) is 9.79. The van der Waals surface area contributed by atoms with Crippen molar-refractivity contribution >= 4 is 23.4 Å². The number of amides is 3.